The van der Waals surface area contributed by atoms with E-state index in [0.29, 0.717) is 51.6 Å². The van der Waals surface area contributed by atoms with Gasteiger partial charge >= 0.3 is 0 Å². The number of hydrogen-bond acceptors (Lipinski definition) is 7. The second-order valence-electron chi connectivity index (χ2n) is 11.3. The van der Waals surface area contributed by atoms with Crippen LogP contribution >= 0.6 is 11.3 Å². The number of aromatic nitrogens is 2. The number of allylic oxidation sites excluding steroid dienone is 1. The Morgan fingerprint density at radius 3 is 2.40 bits per heavy atom. The summed E-state index contributed by atoms with van der Waals surface area (Å²) in [5.41, 5.74) is 5.29. The molecule has 0 unspecified atom stereocenters. The molecule has 6 rings (SSSR count). The zero-order valence-electron chi connectivity index (χ0n) is 26.9. The van der Waals surface area contributed by atoms with Gasteiger partial charge in [0.2, 0.25) is 0 Å². The number of carbonyl (C=O) groups is 1. The summed E-state index contributed by atoms with van der Waals surface area (Å²) in [7, 11) is 1.58. The first-order valence-corrected chi connectivity index (χ1v) is 16.3. The molecule has 1 amide bonds. The molecule has 0 saturated carbocycles. The van der Waals surface area contributed by atoms with Crippen molar-refractivity contribution in [3.8, 4) is 5.75 Å². The molecule has 47 heavy (non-hydrogen) atoms. The lowest BCUT2D eigenvalue weighted by atomic mass is 9.94. The van der Waals surface area contributed by atoms with Gasteiger partial charge in [-0.15, -0.1) is 0 Å². The highest BCUT2D eigenvalue weighted by molar-refractivity contribution is 7.07. The third kappa shape index (κ3) is 5.56. The largest absolute Gasteiger partial charge is 0.496 e. The second kappa shape index (κ2) is 12.8. The average Bonchev–Trinajstić information content (AvgIpc) is 3.52. The monoisotopic (exact) mass is 649 g/mol. The maximum atomic E-state index is 14.4. The van der Waals surface area contributed by atoms with Gasteiger partial charge in [0.25, 0.3) is 17.2 Å². The molecular weight excluding hydrogens is 614 g/mol. The van der Waals surface area contributed by atoms with Crippen LogP contribution in [-0.2, 0) is 11.3 Å². The number of fused-ring (bicyclic) bond motifs is 2. The Morgan fingerprint density at radius 1 is 1.04 bits per heavy atom. The molecule has 11 heteroatoms. The fourth-order valence-electron chi connectivity index (χ4n) is 6.34. The van der Waals surface area contributed by atoms with Gasteiger partial charge in [-0.05, 0) is 51.5 Å². The molecule has 0 radical (unpaired) electrons. The molecule has 0 fully saturated rings. The van der Waals surface area contributed by atoms with E-state index in [1.165, 1.54) is 23.5 Å². The van der Waals surface area contributed by atoms with Crippen molar-refractivity contribution in [1.82, 2.24) is 14.0 Å². The molecule has 0 aliphatic carbocycles. The van der Waals surface area contributed by atoms with Crippen molar-refractivity contribution in [2.24, 2.45) is 4.99 Å². The Balaban J connectivity index is 1.54. The number of rotatable bonds is 9. The van der Waals surface area contributed by atoms with E-state index in [2.05, 4.69) is 4.57 Å². The van der Waals surface area contributed by atoms with E-state index < -0.39 is 11.0 Å². The second-order valence-corrected chi connectivity index (χ2v) is 12.3. The summed E-state index contributed by atoms with van der Waals surface area (Å²) in [4.78, 5) is 46.3. The fraction of sp³-hybridized carbons (Fsp3) is 0.250. The highest BCUT2D eigenvalue weighted by Crippen LogP contribution is 2.36. The summed E-state index contributed by atoms with van der Waals surface area (Å²) in [5.74, 6) is 0.420. The highest BCUT2D eigenvalue weighted by Gasteiger charge is 2.35. The number of nitrogens with zero attached hydrogens (tertiary/aromatic N) is 5. The zero-order valence-corrected chi connectivity index (χ0v) is 27.7. The highest BCUT2D eigenvalue weighted by atomic mass is 32.1. The Labute approximate surface area is 275 Å². The van der Waals surface area contributed by atoms with Gasteiger partial charge in [-0.2, -0.15) is 0 Å². The number of nitro benzene ring substituents is 1. The predicted octanol–water partition coefficient (Wildman–Crippen LogP) is 5.33. The lowest BCUT2D eigenvalue weighted by Crippen LogP contribution is -2.43. The number of methoxy groups -OCH3 is 1. The van der Waals surface area contributed by atoms with Crippen LogP contribution in [0.1, 0.15) is 49.2 Å². The number of para-hydroxylation sites is 2. The van der Waals surface area contributed by atoms with Crippen molar-refractivity contribution in [2.75, 3.05) is 20.2 Å². The predicted molar refractivity (Wildman–Crippen MR) is 184 cm³/mol. The van der Waals surface area contributed by atoms with Crippen LogP contribution in [0.4, 0.5) is 5.69 Å². The SMILES string of the molecule is CCN(CC)C(=O)C1=C(C)N=c2s/c(=C/c3c(C)n(Cc4ccc([N+](=O)[O-])cc4)c4ccccc34)c(=O)n2[C@@H]1c1ccccc1OC. The van der Waals surface area contributed by atoms with E-state index in [4.69, 9.17) is 9.73 Å². The first kappa shape index (κ1) is 31.7. The van der Waals surface area contributed by atoms with Crippen LogP contribution < -0.4 is 19.6 Å². The van der Waals surface area contributed by atoms with Gasteiger partial charge in [0.15, 0.2) is 4.80 Å². The Morgan fingerprint density at radius 2 is 1.72 bits per heavy atom. The molecule has 0 saturated heterocycles. The molecule has 3 heterocycles. The summed E-state index contributed by atoms with van der Waals surface area (Å²) >= 11 is 1.30. The Bertz CT molecular complexity index is 2240. The lowest BCUT2D eigenvalue weighted by molar-refractivity contribution is -0.384. The molecule has 240 valence electrons. The summed E-state index contributed by atoms with van der Waals surface area (Å²) in [6.45, 7) is 9.26. The summed E-state index contributed by atoms with van der Waals surface area (Å²) in [6, 6.07) is 21.3. The molecule has 3 aromatic carbocycles. The molecular formula is C36H35N5O5S. The van der Waals surface area contributed by atoms with E-state index in [0.717, 1.165) is 27.7 Å². The number of non-ortho nitro benzene ring substituents is 1. The van der Waals surface area contributed by atoms with Gasteiger partial charge in [0.1, 0.15) is 11.8 Å². The van der Waals surface area contributed by atoms with Gasteiger partial charge < -0.3 is 14.2 Å². The molecule has 10 nitrogen and oxygen atoms in total. The van der Waals surface area contributed by atoms with Crippen molar-refractivity contribution < 1.29 is 14.5 Å². The normalized spacial score (nSPS) is 14.7. The smallest absolute Gasteiger partial charge is 0.271 e. The summed E-state index contributed by atoms with van der Waals surface area (Å²) in [5, 5.41) is 12.2. The number of carbonyl (C=O) groups excluding carboxylic acids is 1. The van der Waals surface area contributed by atoms with Crippen molar-refractivity contribution in [3.05, 3.63) is 136 Å². The molecule has 0 bridgehead atoms. The average molecular weight is 650 g/mol. The minimum atomic E-state index is -0.720. The van der Waals surface area contributed by atoms with E-state index in [1.54, 1.807) is 28.7 Å². The summed E-state index contributed by atoms with van der Waals surface area (Å²) < 4.78 is 10.0. The van der Waals surface area contributed by atoms with Crippen LogP contribution in [0, 0.1) is 17.0 Å². The molecule has 1 aliphatic rings. The number of nitro groups is 1. The van der Waals surface area contributed by atoms with Crippen molar-refractivity contribution in [2.45, 2.75) is 40.3 Å². The van der Waals surface area contributed by atoms with E-state index in [9.17, 15) is 19.7 Å². The zero-order chi connectivity index (χ0) is 33.4. The van der Waals surface area contributed by atoms with Crippen LogP contribution in [-0.4, -0.2) is 45.1 Å². The number of likely N-dealkylation sites (N-methyl/N-ethyl adjacent to an activating group) is 1. The van der Waals surface area contributed by atoms with Gasteiger partial charge in [-0.3, -0.25) is 24.3 Å². The molecule has 2 aromatic heterocycles. The maximum Gasteiger partial charge on any atom is 0.271 e. The minimum absolute atomic E-state index is 0.0440. The van der Waals surface area contributed by atoms with Crippen LogP contribution in [0.3, 0.4) is 0 Å². The third-order valence-corrected chi connectivity index (χ3v) is 9.76. The fourth-order valence-corrected chi connectivity index (χ4v) is 7.37. The third-order valence-electron chi connectivity index (χ3n) is 8.78. The van der Waals surface area contributed by atoms with Gasteiger partial charge in [-0.25, -0.2) is 4.99 Å². The minimum Gasteiger partial charge on any atom is -0.496 e. The molecule has 0 spiro atoms. The standard InChI is InChI=1S/C36H35N5O5S/c1-6-38(7-2)35(43)32-22(3)37-36-40(33(32)27-13-9-11-15-30(27)46-5)34(42)31(47-36)20-28-23(4)39(29-14-10-8-12-26(28)29)21-24-16-18-25(19-17-24)41(44)45/h8-20,33H,6-7,21H2,1-5H3/b31-20+/t33-/m1/s1. The van der Waals surface area contributed by atoms with E-state index >= 15 is 0 Å². The Hall–Kier alpha value is -5.29. The molecule has 1 aliphatic heterocycles. The summed E-state index contributed by atoms with van der Waals surface area (Å²) in [6.07, 6.45) is 1.92. The van der Waals surface area contributed by atoms with Crippen LogP contribution in [0.5, 0.6) is 5.75 Å². The van der Waals surface area contributed by atoms with Crippen LogP contribution in [0.15, 0.2) is 93.9 Å². The van der Waals surface area contributed by atoms with Crippen molar-refractivity contribution >= 4 is 39.9 Å². The molecule has 5 aromatic rings. The van der Waals surface area contributed by atoms with Crippen molar-refractivity contribution in [1.29, 1.82) is 0 Å². The van der Waals surface area contributed by atoms with Crippen LogP contribution in [0.25, 0.3) is 17.0 Å². The molecule has 1 atom stereocenters. The maximum absolute atomic E-state index is 14.4. The number of amides is 1. The lowest BCUT2D eigenvalue weighted by Gasteiger charge is -2.29. The van der Waals surface area contributed by atoms with Crippen LogP contribution in [0.2, 0.25) is 0 Å². The topological polar surface area (TPSA) is 112 Å². The van der Waals surface area contributed by atoms with E-state index in [1.807, 2.05) is 82.3 Å². The number of benzene rings is 3. The van der Waals surface area contributed by atoms with Gasteiger partial charge in [-0.1, -0.05) is 59.9 Å². The number of ether oxygens (including phenoxy) is 1. The van der Waals surface area contributed by atoms with Gasteiger partial charge in [0, 0.05) is 59.5 Å². The molecule has 0 N–H and O–H groups in total. The first-order chi connectivity index (χ1) is 22.7. The first-order valence-electron chi connectivity index (χ1n) is 15.4. The number of thiazole rings is 1. The number of hydrogen-bond donors (Lipinski definition) is 0. The van der Waals surface area contributed by atoms with Gasteiger partial charge in [0.05, 0.1) is 27.8 Å². The Kier molecular flexibility index (Phi) is 8.65. The van der Waals surface area contributed by atoms with E-state index in [-0.39, 0.29) is 17.2 Å². The quantitative estimate of drug-likeness (QED) is 0.158. The van der Waals surface area contributed by atoms with Crippen molar-refractivity contribution in [3.63, 3.8) is 0 Å².